The molecule has 3 rings (SSSR count). The van der Waals surface area contributed by atoms with Crippen LogP contribution in [0.4, 0.5) is 8.78 Å². The lowest BCUT2D eigenvalue weighted by Gasteiger charge is -2.43. The Labute approximate surface area is 141 Å². The van der Waals surface area contributed by atoms with Crippen molar-refractivity contribution < 1.29 is 13.9 Å². The zero-order chi connectivity index (χ0) is 14.1. The van der Waals surface area contributed by atoms with Gasteiger partial charge in [0.15, 0.2) is 0 Å². The minimum Gasteiger partial charge on any atom is -0.507 e. The molecule has 1 atom stereocenters. The monoisotopic (exact) mass is 354 g/mol. The Balaban J connectivity index is 0.00000121. The number of piperazine rings is 1. The van der Waals surface area contributed by atoms with Gasteiger partial charge in [-0.3, -0.25) is 4.90 Å². The summed E-state index contributed by atoms with van der Waals surface area (Å²) in [5, 5.41) is 13.3. The van der Waals surface area contributed by atoms with E-state index in [0.717, 1.165) is 57.6 Å². The van der Waals surface area contributed by atoms with Crippen LogP contribution in [0, 0.1) is 17.6 Å². The van der Waals surface area contributed by atoms with Crippen LogP contribution in [0.1, 0.15) is 30.9 Å². The van der Waals surface area contributed by atoms with Crippen LogP contribution in [0.5, 0.6) is 5.75 Å². The first-order chi connectivity index (χ1) is 9.66. The van der Waals surface area contributed by atoms with Crippen molar-refractivity contribution in [2.24, 2.45) is 5.92 Å². The minimum absolute atomic E-state index is 0. The number of hydrogen-bond donors (Lipinski definition) is 2. The number of phenols is 1. The Morgan fingerprint density at radius 1 is 1.14 bits per heavy atom. The fraction of sp³-hybridized carbons (Fsp3) is 0.600. The lowest BCUT2D eigenvalue weighted by Crippen LogP contribution is -2.48. The van der Waals surface area contributed by atoms with E-state index < -0.39 is 11.6 Å². The van der Waals surface area contributed by atoms with E-state index in [9.17, 15) is 13.9 Å². The zero-order valence-corrected chi connectivity index (χ0v) is 13.9. The molecule has 1 aromatic carbocycles. The predicted molar refractivity (Wildman–Crippen MR) is 87.0 cm³/mol. The second-order valence-corrected chi connectivity index (χ2v) is 5.74. The highest BCUT2D eigenvalue weighted by Gasteiger charge is 2.36. The van der Waals surface area contributed by atoms with Crippen LogP contribution >= 0.6 is 24.8 Å². The van der Waals surface area contributed by atoms with Crippen molar-refractivity contribution >= 4 is 24.8 Å². The molecule has 0 radical (unpaired) electrons. The molecule has 1 saturated heterocycles. The number of nitrogens with zero attached hydrogens (tertiary/aromatic N) is 1. The van der Waals surface area contributed by atoms with Crippen molar-refractivity contribution in [2.75, 3.05) is 26.2 Å². The Morgan fingerprint density at radius 2 is 1.77 bits per heavy atom. The Bertz CT molecular complexity index is 471. The number of benzene rings is 1. The van der Waals surface area contributed by atoms with Crippen LogP contribution < -0.4 is 5.32 Å². The van der Waals surface area contributed by atoms with E-state index in [1.54, 1.807) is 0 Å². The highest BCUT2D eigenvalue weighted by molar-refractivity contribution is 5.85. The molecule has 126 valence electrons. The molecule has 0 unspecified atom stereocenters. The molecule has 0 spiro atoms. The van der Waals surface area contributed by atoms with E-state index in [1.807, 2.05) is 0 Å². The van der Waals surface area contributed by atoms with Crippen LogP contribution in [0.15, 0.2) is 12.1 Å². The van der Waals surface area contributed by atoms with E-state index in [4.69, 9.17) is 0 Å². The molecule has 1 heterocycles. The first-order valence-electron chi connectivity index (χ1n) is 7.29. The first kappa shape index (κ1) is 19.4. The summed E-state index contributed by atoms with van der Waals surface area (Å²) >= 11 is 0. The second kappa shape index (κ2) is 8.29. The summed E-state index contributed by atoms with van der Waals surface area (Å²) in [4.78, 5) is 2.22. The van der Waals surface area contributed by atoms with Crippen molar-refractivity contribution in [3.8, 4) is 5.75 Å². The standard InChI is InChI=1S/C15H20F2N2O.2ClH/c16-11-8-12(17)14(13(20)9-11)15(10-2-1-3-10)19-6-4-18-5-7-19;;/h8-10,15,18,20H,1-7H2;2*1H/t15-;;/m0../s1. The highest BCUT2D eigenvalue weighted by atomic mass is 35.5. The van der Waals surface area contributed by atoms with Gasteiger partial charge in [0.1, 0.15) is 17.4 Å². The molecular formula is C15H22Cl2F2N2O. The average molecular weight is 355 g/mol. The molecule has 1 aliphatic carbocycles. The van der Waals surface area contributed by atoms with Gasteiger partial charge in [0, 0.05) is 49.9 Å². The van der Waals surface area contributed by atoms with E-state index >= 15 is 0 Å². The van der Waals surface area contributed by atoms with Crippen LogP contribution in [0.2, 0.25) is 0 Å². The summed E-state index contributed by atoms with van der Waals surface area (Å²) < 4.78 is 27.4. The third-order valence-corrected chi connectivity index (χ3v) is 4.51. The van der Waals surface area contributed by atoms with E-state index in [0.29, 0.717) is 5.92 Å². The Hall–Kier alpha value is -0.620. The summed E-state index contributed by atoms with van der Waals surface area (Å²) in [6.45, 7) is 3.40. The van der Waals surface area contributed by atoms with Gasteiger partial charge in [0.25, 0.3) is 0 Å². The van der Waals surface area contributed by atoms with Crippen molar-refractivity contribution in [3.63, 3.8) is 0 Å². The van der Waals surface area contributed by atoms with Crippen molar-refractivity contribution in [1.29, 1.82) is 0 Å². The SMILES string of the molecule is Cl.Cl.Oc1cc(F)cc(F)c1[C@H](C1CCC1)N1CCNCC1. The van der Waals surface area contributed by atoms with Gasteiger partial charge in [-0.2, -0.15) is 0 Å². The van der Waals surface area contributed by atoms with Gasteiger partial charge in [-0.05, 0) is 18.8 Å². The topological polar surface area (TPSA) is 35.5 Å². The summed E-state index contributed by atoms with van der Waals surface area (Å²) in [5.74, 6) is -1.24. The smallest absolute Gasteiger partial charge is 0.134 e. The van der Waals surface area contributed by atoms with Gasteiger partial charge in [-0.15, -0.1) is 24.8 Å². The Kier molecular flexibility index (Phi) is 7.32. The number of nitrogens with one attached hydrogen (secondary N) is 1. The van der Waals surface area contributed by atoms with Crippen LogP contribution in [-0.4, -0.2) is 36.2 Å². The quantitative estimate of drug-likeness (QED) is 0.874. The van der Waals surface area contributed by atoms with Gasteiger partial charge >= 0.3 is 0 Å². The lowest BCUT2D eigenvalue weighted by atomic mass is 9.76. The molecule has 2 fully saturated rings. The summed E-state index contributed by atoms with van der Waals surface area (Å²) in [6.07, 6.45) is 3.24. The largest absolute Gasteiger partial charge is 0.507 e. The van der Waals surface area contributed by atoms with E-state index in [1.165, 1.54) is 0 Å². The average Bonchev–Trinajstić information content (AvgIpc) is 2.35. The summed E-state index contributed by atoms with van der Waals surface area (Å²) in [6, 6.07) is 1.77. The van der Waals surface area contributed by atoms with Gasteiger partial charge in [0.2, 0.25) is 0 Å². The third-order valence-electron chi connectivity index (χ3n) is 4.51. The van der Waals surface area contributed by atoms with Crippen molar-refractivity contribution in [2.45, 2.75) is 25.3 Å². The molecular weight excluding hydrogens is 333 g/mol. The van der Waals surface area contributed by atoms with E-state index in [2.05, 4.69) is 10.2 Å². The number of hydrogen-bond acceptors (Lipinski definition) is 3. The van der Waals surface area contributed by atoms with Gasteiger partial charge in [0.05, 0.1) is 0 Å². The number of halogens is 4. The maximum Gasteiger partial charge on any atom is 0.134 e. The molecule has 22 heavy (non-hydrogen) atoms. The number of aromatic hydroxyl groups is 1. The third kappa shape index (κ3) is 3.82. The molecule has 0 amide bonds. The highest BCUT2D eigenvalue weighted by Crippen LogP contribution is 2.45. The number of phenolic OH excluding ortho intramolecular Hbond substituents is 1. The summed E-state index contributed by atoms with van der Waals surface area (Å²) in [7, 11) is 0. The Morgan fingerprint density at radius 3 is 2.27 bits per heavy atom. The van der Waals surface area contributed by atoms with Gasteiger partial charge in [-0.25, -0.2) is 8.78 Å². The molecule has 2 N–H and O–H groups in total. The van der Waals surface area contributed by atoms with Crippen molar-refractivity contribution in [1.82, 2.24) is 10.2 Å². The summed E-state index contributed by atoms with van der Waals surface area (Å²) in [5.41, 5.74) is 0.276. The van der Waals surface area contributed by atoms with Crippen LogP contribution in [0.25, 0.3) is 0 Å². The van der Waals surface area contributed by atoms with Crippen LogP contribution in [-0.2, 0) is 0 Å². The molecule has 1 aliphatic heterocycles. The van der Waals surface area contributed by atoms with E-state index in [-0.39, 0.29) is 42.2 Å². The zero-order valence-electron chi connectivity index (χ0n) is 12.2. The first-order valence-corrected chi connectivity index (χ1v) is 7.29. The fourth-order valence-electron chi connectivity index (χ4n) is 3.30. The lowest BCUT2D eigenvalue weighted by molar-refractivity contribution is 0.0791. The molecule has 7 heteroatoms. The molecule has 2 aliphatic rings. The molecule has 0 aromatic heterocycles. The fourth-order valence-corrected chi connectivity index (χ4v) is 3.30. The normalized spacial score (nSPS) is 20.5. The van der Waals surface area contributed by atoms with Crippen LogP contribution in [0.3, 0.4) is 0 Å². The second-order valence-electron chi connectivity index (χ2n) is 5.74. The molecule has 1 saturated carbocycles. The van der Waals surface area contributed by atoms with Gasteiger partial charge < -0.3 is 10.4 Å². The van der Waals surface area contributed by atoms with Gasteiger partial charge in [-0.1, -0.05) is 6.42 Å². The maximum absolute atomic E-state index is 14.2. The molecule has 3 nitrogen and oxygen atoms in total. The minimum atomic E-state index is -0.726. The van der Waals surface area contributed by atoms with Crippen molar-refractivity contribution in [3.05, 3.63) is 29.3 Å². The predicted octanol–water partition coefficient (Wildman–Crippen LogP) is 3.26. The number of rotatable bonds is 3. The molecule has 1 aromatic rings. The molecule has 0 bridgehead atoms. The maximum atomic E-state index is 14.2.